The maximum absolute atomic E-state index is 11.4. The third-order valence-corrected chi connectivity index (χ3v) is 4.91. The summed E-state index contributed by atoms with van der Waals surface area (Å²) >= 11 is 0. The van der Waals surface area contributed by atoms with Crippen molar-refractivity contribution in [2.24, 2.45) is 17.2 Å². The standard InChI is InChI=1S/C10H16N2O2/c1-9(2)6-3-4-10(9)7(5-6)14-8(13)12(10)11/h6-7H,3-5,11H2,1-2H3/t6-,7-,10?/m1/s1. The number of hydrazine groups is 1. The van der Waals surface area contributed by atoms with Crippen molar-refractivity contribution in [2.45, 2.75) is 44.8 Å². The van der Waals surface area contributed by atoms with Crippen LogP contribution in [0, 0.1) is 11.3 Å². The molecule has 0 radical (unpaired) electrons. The summed E-state index contributed by atoms with van der Waals surface area (Å²) in [6.45, 7) is 4.43. The number of carbonyl (C=O) groups excluding carboxylic acids is 1. The summed E-state index contributed by atoms with van der Waals surface area (Å²) in [4.78, 5) is 11.4. The van der Waals surface area contributed by atoms with Crippen LogP contribution >= 0.6 is 0 Å². The van der Waals surface area contributed by atoms with Gasteiger partial charge in [-0.25, -0.2) is 15.6 Å². The van der Waals surface area contributed by atoms with Gasteiger partial charge < -0.3 is 4.74 Å². The Kier molecular flexibility index (Phi) is 1.27. The molecule has 3 atom stereocenters. The van der Waals surface area contributed by atoms with Crippen molar-refractivity contribution in [3.63, 3.8) is 0 Å². The summed E-state index contributed by atoms with van der Waals surface area (Å²) in [6, 6.07) is 0. The number of nitrogens with two attached hydrogens (primary N) is 1. The van der Waals surface area contributed by atoms with Gasteiger partial charge >= 0.3 is 6.09 Å². The Morgan fingerprint density at radius 3 is 2.86 bits per heavy atom. The van der Waals surface area contributed by atoms with Crippen LogP contribution in [-0.2, 0) is 4.74 Å². The van der Waals surface area contributed by atoms with Crippen molar-refractivity contribution < 1.29 is 9.53 Å². The molecule has 2 N–H and O–H groups in total. The third kappa shape index (κ3) is 0.601. The predicted octanol–water partition coefficient (Wildman–Crippen LogP) is 1.26. The maximum Gasteiger partial charge on any atom is 0.425 e. The van der Waals surface area contributed by atoms with Gasteiger partial charge in [0, 0.05) is 0 Å². The molecule has 0 aromatic rings. The first-order chi connectivity index (χ1) is 6.50. The Morgan fingerprint density at radius 2 is 2.29 bits per heavy atom. The van der Waals surface area contributed by atoms with E-state index in [4.69, 9.17) is 10.6 Å². The molecule has 4 nitrogen and oxygen atoms in total. The van der Waals surface area contributed by atoms with E-state index in [1.165, 1.54) is 11.4 Å². The largest absolute Gasteiger partial charge is 0.443 e. The van der Waals surface area contributed by atoms with Gasteiger partial charge in [0.1, 0.15) is 11.6 Å². The second-order valence-corrected chi connectivity index (χ2v) is 5.36. The zero-order chi connectivity index (χ0) is 10.1. The smallest absolute Gasteiger partial charge is 0.425 e. The van der Waals surface area contributed by atoms with E-state index in [2.05, 4.69) is 13.8 Å². The highest BCUT2D eigenvalue weighted by Gasteiger charge is 2.72. The van der Waals surface area contributed by atoms with Crippen LogP contribution in [0.3, 0.4) is 0 Å². The monoisotopic (exact) mass is 196 g/mol. The molecule has 1 unspecified atom stereocenters. The number of amides is 1. The Labute approximate surface area is 83.4 Å². The van der Waals surface area contributed by atoms with Crippen molar-refractivity contribution >= 4 is 6.09 Å². The molecule has 0 aromatic heterocycles. The number of hydrogen-bond donors (Lipinski definition) is 1. The van der Waals surface area contributed by atoms with Gasteiger partial charge in [0.05, 0.1) is 0 Å². The van der Waals surface area contributed by atoms with Crippen LogP contribution in [0.4, 0.5) is 4.79 Å². The molecule has 2 saturated carbocycles. The van der Waals surface area contributed by atoms with Crippen LogP contribution in [0.15, 0.2) is 0 Å². The zero-order valence-corrected chi connectivity index (χ0v) is 8.62. The van der Waals surface area contributed by atoms with E-state index < -0.39 is 0 Å². The second-order valence-electron chi connectivity index (χ2n) is 5.36. The van der Waals surface area contributed by atoms with Crippen molar-refractivity contribution in [3.05, 3.63) is 0 Å². The number of fused-ring (bicyclic) bond motifs is 1. The van der Waals surface area contributed by atoms with Crippen LogP contribution in [0.25, 0.3) is 0 Å². The van der Waals surface area contributed by atoms with Crippen LogP contribution in [0.5, 0.6) is 0 Å². The Morgan fingerprint density at radius 1 is 1.57 bits per heavy atom. The lowest BCUT2D eigenvalue weighted by Gasteiger charge is -2.39. The molecular formula is C10H16N2O2. The van der Waals surface area contributed by atoms with Crippen LogP contribution < -0.4 is 5.84 Å². The van der Waals surface area contributed by atoms with Gasteiger partial charge in [-0.3, -0.25) is 0 Å². The Balaban J connectivity index is 2.13. The minimum Gasteiger partial charge on any atom is -0.443 e. The van der Waals surface area contributed by atoms with Crippen LogP contribution in [-0.4, -0.2) is 22.7 Å². The first-order valence-corrected chi connectivity index (χ1v) is 5.26. The average Bonchev–Trinajstić information content (AvgIpc) is 2.60. The lowest BCUT2D eigenvalue weighted by atomic mass is 9.75. The molecule has 4 heteroatoms. The molecule has 3 fully saturated rings. The fraction of sp³-hybridized carbons (Fsp3) is 0.900. The highest BCUT2D eigenvalue weighted by molar-refractivity contribution is 5.72. The van der Waals surface area contributed by atoms with Crippen molar-refractivity contribution in [1.82, 2.24) is 5.01 Å². The summed E-state index contributed by atoms with van der Waals surface area (Å²) in [7, 11) is 0. The van der Waals surface area contributed by atoms with Crippen LogP contribution in [0.2, 0.25) is 0 Å². The minimum atomic E-state index is -0.344. The van der Waals surface area contributed by atoms with E-state index in [0.29, 0.717) is 5.92 Å². The molecule has 3 aliphatic rings. The fourth-order valence-electron chi connectivity index (χ4n) is 3.95. The lowest BCUT2D eigenvalue weighted by molar-refractivity contribution is 0.0554. The summed E-state index contributed by atoms with van der Waals surface area (Å²) in [5.41, 5.74) is -0.104. The molecule has 14 heavy (non-hydrogen) atoms. The highest BCUT2D eigenvalue weighted by atomic mass is 16.6. The molecule has 2 aliphatic carbocycles. The van der Waals surface area contributed by atoms with Crippen LogP contribution in [0.1, 0.15) is 33.1 Å². The lowest BCUT2D eigenvalue weighted by Crippen LogP contribution is -2.58. The van der Waals surface area contributed by atoms with Crippen molar-refractivity contribution in [3.8, 4) is 0 Å². The van der Waals surface area contributed by atoms with Gasteiger partial charge in [-0.2, -0.15) is 0 Å². The SMILES string of the molecule is CC1(C)[C@@H]2CCC13[C@@H](C2)OC(=O)N3N. The number of rotatable bonds is 0. The minimum absolute atomic E-state index is 0.0359. The van der Waals surface area contributed by atoms with E-state index in [-0.39, 0.29) is 23.2 Å². The van der Waals surface area contributed by atoms with E-state index in [1.807, 2.05) is 0 Å². The van der Waals surface area contributed by atoms with Gasteiger partial charge in [0.15, 0.2) is 0 Å². The fourth-order valence-corrected chi connectivity index (χ4v) is 3.95. The second kappa shape index (κ2) is 2.08. The molecule has 1 aliphatic heterocycles. The third-order valence-electron chi connectivity index (χ3n) is 4.91. The number of ether oxygens (including phenoxy) is 1. The molecular weight excluding hydrogens is 180 g/mol. The van der Waals surface area contributed by atoms with Gasteiger partial charge in [0.25, 0.3) is 0 Å². The zero-order valence-electron chi connectivity index (χ0n) is 8.62. The number of carbonyl (C=O) groups is 1. The number of nitrogens with zero attached hydrogens (tertiary/aromatic N) is 1. The summed E-state index contributed by atoms with van der Waals surface area (Å²) in [6.07, 6.45) is 2.86. The molecule has 1 spiro atoms. The Hall–Kier alpha value is -0.770. The van der Waals surface area contributed by atoms with Gasteiger partial charge in [-0.15, -0.1) is 0 Å². The summed E-state index contributed by atoms with van der Waals surface area (Å²) in [5.74, 6) is 6.53. The molecule has 1 saturated heterocycles. The maximum atomic E-state index is 11.4. The molecule has 3 rings (SSSR count). The molecule has 1 amide bonds. The molecule has 0 aromatic carbocycles. The topological polar surface area (TPSA) is 55.6 Å². The predicted molar refractivity (Wildman–Crippen MR) is 50.1 cm³/mol. The highest BCUT2D eigenvalue weighted by Crippen LogP contribution is 2.64. The van der Waals surface area contributed by atoms with E-state index >= 15 is 0 Å². The van der Waals surface area contributed by atoms with E-state index in [0.717, 1.165) is 12.8 Å². The van der Waals surface area contributed by atoms with E-state index in [1.54, 1.807) is 0 Å². The first-order valence-electron chi connectivity index (χ1n) is 5.26. The first kappa shape index (κ1) is 8.53. The molecule has 78 valence electrons. The number of hydrogen-bond acceptors (Lipinski definition) is 3. The van der Waals surface area contributed by atoms with E-state index in [9.17, 15) is 4.79 Å². The van der Waals surface area contributed by atoms with Crippen molar-refractivity contribution in [2.75, 3.05) is 0 Å². The van der Waals surface area contributed by atoms with Gasteiger partial charge in [-0.05, 0) is 30.6 Å². The molecule has 2 bridgehead atoms. The Bertz CT molecular complexity index is 315. The summed E-state index contributed by atoms with van der Waals surface area (Å²) in [5, 5.41) is 1.37. The molecule has 1 heterocycles. The quantitative estimate of drug-likeness (QED) is 0.468. The van der Waals surface area contributed by atoms with Gasteiger partial charge in [-0.1, -0.05) is 13.8 Å². The summed E-state index contributed by atoms with van der Waals surface area (Å²) < 4.78 is 5.32. The average molecular weight is 196 g/mol. The normalized spacial score (nSPS) is 48.2. The van der Waals surface area contributed by atoms with Gasteiger partial charge in [0.2, 0.25) is 0 Å². The van der Waals surface area contributed by atoms with Crippen molar-refractivity contribution in [1.29, 1.82) is 0 Å².